The van der Waals surface area contributed by atoms with Crippen molar-refractivity contribution in [2.75, 3.05) is 13.1 Å². The van der Waals surface area contributed by atoms with Gasteiger partial charge in [0.2, 0.25) is 5.91 Å². The number of nitrogens with two attached hydrogens (primary N) is 1. The molecule has 0 saturated heterocycles. The molecule has 0 radical (unpaired) electrons. The van der Waals surface area contributed by atoms with Crippen LogP contribution in [-0.2, 0) is 18.3 Å². The number of carbonyl (C=O) groups excluding carboxylic acids is 1. The molecule has 1 heterocycles. The summed E-state index contributed by atoms with van der Waals surface area (Å²) < 4.78 is 1.78. The summed E-state index contributed by atoms with van der Waals surface area (Å²) in [5.41, 5.74) is 6.88. The summed E-state index contributed by atoms with van der Waals surface area (Å²) in [4.78, 5) is 11.9. The Balaban J connectivity index is 2.26. The van der Waals surface area contributed by atoms with E-state index in [4.69, 9.17) is 5.73 Å². The van der Waals surface area contributed by atoms with E-state index in [1.165, 1.54) is 0 Å². The zero-order chi connectivity index (χ0) is 15.9. The van der Waals surface area contributed by atoms with Crippen molar-refractivity contribution in [1.82, 2.24) is 15.1 Å². The van der Waals surface area contributed by atoms with Crippen LogP contribution in [0.15, 0.2) is 12.3 Å². The minimum Gasteiger partial charge on any atom is -0.356 e. The fraction of sp³-hybridized carbons (Fsp3) is 0.750. The lowest BCUT2D eigenvalue weighted by Gasteiger charge is -2.30. The van der Waals surface area contributed by atoms with Crippen molar-refractivity contribution >= 4 is 5.91 Å². The lowest BCUT2D eigenvalue weighted by atomic mass is 9.76. The molecule has 0 aliphatic carbocycles. The summed E-state index contributed by atoms with van der Waals surface area (Å²) in [5, 5.41) is 7.26. The molecule has 0 aliphatic heterocycles. The normalized spacial score (nSPS) is 13.2. The van der Waals surface area contributed by atoms with Crippen molar-refractivity contribution < 1.29 is 4.79 Å². The first kappa shape index (κ1) is 17.7. The van der Waals surface area contributed by atoms with Gasteiger partial charge in [0.15, 0.2) is 0 Å². The van der Waals surface area contributed by atoms with E-state index in [2.05, 4.69) is 31.2 Å². The van der Waals surface area contributed by atoms with Crippen LogP contribution >= 0.6 is 0 Å². The first-order chi connectivity index (χ1) is 9.82. The first-order valence-corrected chi connectivity index (χ1v) is 7.78. The van der Waals surface area contributed by atoms with Crippen LogP contribution in [0, 0.1) is 11.3 Å². The number of rotatable bonds is 8. The third kappa shape index (κ3) is 6.76. The molecular weight excluding hydrogens is 264 g/mol. The van der Waals surface area contributed by atoms with Gasteiger partial charge in [-0.1, -0.05) is 20.8 Å². The zero-order valence-electron chi connectivity index (χ0n) is 13.9. The molecule has 1 amide bonds. The molecule has 1 unspecified atom stereocenters. The molecule has 5 nitrogen and oxygen atoms in total. The summed E-state index contributed by atoms with van der Waals surface area (Å²) in [6, 6.07) is 1.98. The largest absolute Gasteiger partial charge is 0.356 e. The van der Waals surface area contributed by atoms with E-state index in [1.807, 2.05) is 19.3 Å². The molecule has 5 heteroatoms. The van der Waals surface area contributed by atoms with Gasteiger partial charge < -0.3 is 11.1 Å². The summed E-state index contributed by atoms with van der Waals surface area (Å²) in [5.74, 6) is 0.612. The third-order valence-corrected chi connectivity index (χ3v) is 3.93. The fourth-order valence-corrected chi connectivity index (χ4v) is 2.53. The van der Waals surface area contributed by atoms with Gasteiger partial charge in [0.05, 0.1) is 5.69 Å². The van der Waals surface area contributed by atoms with Gasteiger partial charge in [0, 0.05) is 32.6 Å². The summed E-state index contributed by atoms with van der Waals surface area (Å²) in [6.45, 7) is 7.97. The predicted octanol–water partition coefficient (Wildman–Crippen LogP) is 1.87. The molecule has 1 aromatic heterocycles. The predicted molar refractivity (Wildman–Crippen MR) is 85.8 cm³/mol. The number of nitrogens with zero attached hydrogens (tertiary/aromatic N) is 2. The Morgan fingerprint density at radius 1 is 1.43 bits per heavy atom. The molecule has 0 aliphatic rings. The molecule has 1 atom stereocenters. The van der Waals surface area contributed by atoms with Crippen LogP contribution in [0.2, 0.25) is 0 Å². The maximum absolute atomic E-state index is 11.9. The lowest BCUT2D eigenvalue weighted by molar-refractivity contribution is -0.121. The fourth-order valence-electron chi connectivity index (χ4n) is 2.53. The Morgan fingerprint density at radius 2 is 2.14 bits per heavy atom. The highest BCUT2D eigenvalue weighted by atomic mass is 16.1. The molecule has 0 saturated carbocycles. The van der Waals surface area contributed by atoms with Gasteiger partial charge in [0.25, 0.3) is 0 Å². The van der Waals surface area contributed by atoms with Crippen LogP contribution < -0.4 is 11.1 Å². The SMILES string of the molecule is Cn1ccc(CCNC(=O)CCC(CCN)C(C)(C)C)n1. The van der Waals surface area contributed by atoms with Crippen LogP contribution in [0.25, 0.3) is 0 Å². The van der Waals surface area contributed by atoms with Gasteiger partial charge in [-0.05, 0) is 36.8 Å². The van der Waals surface area contributed by atoms with Gasteiger partial charge in [0.1, 0.15) is 0 Å². The average molecular weight is 294 g/mol. The minimum atomic E-state index is 0.122. The van der Waals surface area contributed by atoms with Gasteiger partial charge in [-0.2, -0.15) is 5.10 Å². The summed E-state index contributed by atoms with van der Waals surface area (Å²) in [7, 11) is 1.90. The topological polar surface area (TPSA) is 72.9 Å². The highest BCUT2D eigenvalue weighted by Crippen LogP contribution is 2.31. The Labute approximate surface area is 128 Å². The maximum Gasteiger partial charge on any atom is 0.220 e. The van der Waals surface area contributed by atoms with Gasteiger partial charge in [-0.25, -0.2) is 0 Å². The van der Waals surface area contributed by atoms with Crippen LogP contribution in [-0.4, -0.2) is 28.8 Å². The first-order valence-electron chi connectivity index (χ1n) is 7.78. The van der Waals surface area contributed by atoms with E-state index in [1.54, 1.807) is 4.68 Å². The second-order valence-electron chi connectivity index (χ2n) is 6.76. The molecule has 1 aromatic rings. The number of aryl methyl sites for hydroxylation is 1. The molecule has 0 aromatic carbocycles. The van der Waals surface area contributed by atoms with E-state index in [-0.39, 0.29) is 11.3 Å². The van der Waals surface area contributed by atoms with E-state index in [9.17, 15) is 4.79 Å². The maximum atomic E-state index is 11.9. The summed E-state index contributed by atoms with van der Waals surface area (Å²) in [6.07, 6.45) is 5.14. The van der Waals surface area contributed by atoms with Gasteiger partial charge in [-0.15, -0.1) is 0 Å². The monoisotopic (exact) mass is 294 g/mol. The van der Waals surface area contributed by atoms with Crippen molar-refractivity contribution in [2.24, 2.45) is 24.1 Å². The Bertz CT molecular complexity index is 434. The second-order valence-corrected chi connectivity index (χ2v) is 6.76. The van der Waals surface area contributed by atoms with Gasteiger partial charge >= 0.3 is 0 Å². The molecule has 0 bridgehead atoms. The number of hydrogen-bond donors (Lipinski definition) is 2. The number of nitrogens with one attached hydrogen (secondary N) is 1. The van der Waals surface area contributed by atoms with Crippen molar-refractivity contribution in [3.8, 4) is 0 Å². The highest BCUT2D eigenvalue weighted by molar-refractivity contribution is 5.75. The van der Waals surface area contributed by atoms with Crippen LogP contribution in [0.4, 0.5) is 0 Å². The van der Waals surface area contributed by atoms with E-state index >= 15 is 0 Å². The third-order valence-electron chi connectivity index (χ3n) is 3.93. The number of amides is 1. The standard InChI is InChI=1S/C16H30N4O/c1-16(2,3)13(7-10-17)5-6-15(21)18-11-8-14-9-12-20(4)19-14/h9,12-13H,5-8,10-11,17H2,1-4H3,(H,18,21). The number of aromatic nitrogens is 2. The zero-order valence-corrected chi connectivity index (χ0v) is 13.9. The van der Waals surface area contributed by atoms with Crippen molar-refractivity contribution in [1.29, 1.82) is 0 Å². The molecule has 0 spiro atoms. The van der Waals surface area contributed by atoms with Crippen molar-refractivity contribution in [3.05, 3.63) is 18.0 Å². The van der Waals surface area contributed by atoms with Crippen LogP contribution in [0.5, 0.6) is 0 Å². The van der Waals surface area contributed by atoms with E-state index in [0.29, 0.717) is 25.4 Å². The molecular formula is C16H30N4O. The molecule has 0 fully saturated rings. The molecule has 1 rings (SSSR count). The Hall–Kier alpha value is -1.36. The van der Waals surface area contributed by atoms with Gasteiger partial charge in [-0.3, -0.25) is 9.48 Å². The van der Waals surface area contributed by atoms with Crippen molar-refractivity contribution in [2.45, 2.75) is 46.5 Å². The smallest absolute Gasteiger partial charge is 0.220 e. The highest BCUT2D eigenvalue weighted by Gasteiger charge is 2.24. The molecule has 3 N–H and O–H groups in total. The number of carbonyl (C=O) groups is 1. The van der Waals surface area contributed by atoms with E-state index in [0.717, 1.165) is 25.0 Å². The minimum absolute atomic E-state index is 0.122. The molecule has 21 heavy (non-hydrogen) atoms. The van der Waals surface area contributed by atoms with Crippen molar-refractivity contribution in [3.63, 3.8) is 0 Å². The van der Waals surface area contributed by atoms with Crippen LogP contribution in [0.1, 0.15) is 45.7 Å². The van der Waals surface area contributed by atoms with E-state index < -0.39 is 0 Å². The Morgan fingerprint density at radius 3 is 2.67 bits per heavy atom. The quantitative estimate of drug-likeness (QED) is 0.769. The lowest BCUT2D eigenvalue weighted by Crippen LogP contribution is -2.29. The summed E-state index contributed by atoms with van der Waals surface area (Å²) >= 11 is 0. The molecule has 120 valence electrons. The Kier molecular flexibility index (Phi) is 6.89. The number of hydrogen-bond acceptors (Lipinski definition) is 3. The van der Waals surface area contributed by atoms with Crippen LogP contribution in [0.3, 0.4) is 0 Å². The average Bonchev–Trinajstić information content (AvgIpc) is 2.79. The second kappa shape index (κ2) is 8.17.